The van der Waals surface area contributed by atoms with Crippen LogP contribution in [0, 0.1) is 0 Å². The number of Topliss-reactive ketones (excluding diaryl/α,β-unsaturated/α-hetero) is 1. The van der Waals surface area contributed by atoms with Gasteiger partial charge in [-0.2, -0.15) is 0 Å². The van der Waals surface area contributed by atoms with Crippen LogP contribution in [0.1, 0.15) is 17.3 Å². The highest BCUT2D eigenvalue weighted by Gasteiger charge is 2.12. The molecule has 0 aromatic heterocycles. The van der Waals surface area contributed by atoms with E-state index in [9.17, 15) is 9.90 Å². The molecule has 2 nitrogen and oxygen atoms in total. The fraction of sp³-hybridized carbons (Fsp3) is 0.222. The van der Waals surface area contributed by atoms with Gasteiger partial charge in [0.2, 0.25) is 0 Å². The number of ketones is 1. The summed E-state index contributed by atoms with van der Waals surface area (Å²) in [6, 6.07) is 4.67. The first kappa shape index (κ1) is 10.7. The number of benzene rings is 1. The number of hydrogen-bond donors (Lipinski definition) is 1. The van der Waals surface area contributed by atoms with Gasteiger partial charge in [0.25, 0.3) is 0 Å². The normalized spacial score (nSPS) is 12.5. The molecule has 1 rings (SSSR count). The highest BCUT2D eigenvalue weighted by molar-refractivity contribution is 9.10. The SMILES string of the molecule is CC(Br)C(=O)c1cc(O)cc(Br)c1. The Kier molecular flexibility index (Phi) is 3.50. The summed E-state index contributed by atoms with van der Waals surface area (Å²) in [5, 5.41) is 9.23. The van der Waals surface area contributed by atoms with Crippen LogP contribution in [-0.4, -0.2) is 15.7 Å². The van der Waals surface area contributed by atoms with Crippen molar-refractivity contribution in [3.63, 3.8) is 0 Å². The Morgan fingerprint density at radius 3 is 2.54 bits per heavy atom. The van der Waals surface area contributed by atoms with Gasteiger partial charge in [-0.15, -0.1) is 0 Å². The molecular weight excluding hydrogens is 300 g/mol. The first-order valence-corrected chi connectivity index (χ1v) is 5.39. The Balaban J connectivity index is 3.08. The minimum atomic E-state index is -0.235. The van der Waals surface area contributed by atoms with E-state index >= 15 is 0 Å². The molecule has 0 aliphatic rings. The van der Waals surface area contributed by atoms with Crippen molar-refractivity contribution in [1.29, 1.82) is 0 Å². The van der Waals surface area contributed by atoms with E-state index in [-0.39, 0.29) is 16.4 Å². The third-order valence-electron chi connectivity index (χ3n) is 1.53. The van der Waals surface area contributed by atoms with E-state index in [1.807, 2.05) is 0 Å². The second-order valence-corrected chi connectivity index (χ2v) is 4.97. The minimum absolute atomic E-state index is 0.0448. The van der Waals surface area contributed by atoms with Crippen molar-refractivity contribution >= 4 is 37.6 Å². The van der Waals surface area contributed by atoms with E-state index in [0.29, 0.717) is 10.0 Å². The van der Waals surface area contributed by atoms with Crippen LogP contribution >= 0.6 is 31.9 Å². The summed E-state index contributed by atoms with van der Waals surface area (Å²) < 4.78 is 0.698. The molecule has 0 saturated heterocycles. The third-order valence-corrected chi connectivity index (χ3v) is 2.40. The van der Waals surface area contributed by atoms with Gasteiger partial charge >= 0.3 is 0 Å². The molecule has 1 N–H and O–H groups in total. The zero-order valence-electron chi connectivity index (χ0n) is 6.92. The van der Waals surface area contributed by atoms with Gasteiger partial charge in [0, 0.05) is 10.0 Å². The number of rotatable bonds is 2. The van der Waals surface area contributed by atoms with Crippen LogP contribution in [0.5, 0.6) is 5.75 Å². The summed E-state index contributed by atoms with van der Waals surface area (Å²) in [5.74, 6) is 0.0440. The second kappa shape index (κ2) is 4.24. The Morgan fingerprint density at radius 2 is 2.08 bits per heavy atom. The number of alkyl halides is 1. The molecule has 0 aliphatic carbocycles. The van der Waals surface area contributed by atoms with Crippen LogP contribution < -0.4 is 0 Å². The van der Waals surface area contributed by atoms with Crippen molar-refractivity contribution in [2.75, 3.05) is 0 Å². The molecule has 0 spiro atoms. The van der Waals surface area contributed by atoms with Crippen molar-refractivity contribution in [1.82, 2.24) is 0 Å². The quantitative estimate of drug-likeness (QED) is 0.673. The fourth-order valence-electron chi connectivity index (χ4n) is 0.946. The highest BCUT2D eigenvalue weighted by Crippen LogP contribution is 2.22. The van der Waals surface area contributed by atoms with E-state index in [4.69, 9.17) is 0 Å². The van der Waals surface area contributed by atoms with Gasteiger partial charge in [0.05, 0.1) is 4.83 Å². The van der Waals surface area contributed by atoms with Crippen molar-refractivity contribution in [2.45, 2.75) is 11.8 Å². The molecular formula is C9H8Br2O2. The number of hydrogen-bond acceptors (Lipinski definition) is 2. The molecule has 0 saturated carbocycles. The average Bonchev–Trinajstić information content (AvgIpc) is 2.01. The lowest BCUT2D eigenvalue weighted by Gasteiger charge is -2.03. The molecule has 1 aromatic carbocycles. The minimum Gasteiger partial charge on any atom is -0.508 e. The molecule has 0 aliphatic heterocycles. The lowest BCUT2D eigenvalue weighted by molar-refractivity contribution is 0.0995. The van der Waals surface area contributed by atoms with Gasteiger partial charge in [-0.05, 0) is 25.1 Å². The molecule has 0 fully saturated rings. The summed E-state index contributed by atoms with van der Waals surface area (Å²) >= 11 is 6.38. The largest absolute Gasteiger partial charge is 0.508 e. The van der Waals surface area contributed by atoms with Crippen LogP contribution in [0.3, 0.4) is 0 Å². The monoisotopic (exact) mass is 306 g/mol. The third kappa shape index (κ3) is 2.81. The van der Waals surface area contributed by atoms with Gasteiger partial charge < -0.3 is 5.11 Å². The molecule has 4 heteroatoms. The van der Waals surface area contributed by atoms with Crippen LogP contribution in [0.25, 0.3) is 0 Å². The zero-order valence-corrected chi connectivity index (χ0v) is 10.1. The number of halogens is 2. The van der Waals surface area contributed by atoms with Gasteiger partial charge in [-0.1, -0.05) is 31.9 Å². The summed E-state index contributed by atoms with van der Waals surface area (Å²) in [5.41, 5.74) is 0.497. The van der Waals surface area contributed by atoms with Gasteiger partial charge in [0.1, 0.15) is 5.75 Å². The molecule has 0 radical (unpaired) electrons. The van der Waals surface area contributed by atoms with Crippen LogP contribution in [0.2, 0.25) is 0 Å². The second-order valence-electron chi connectivity index (χ2n) is 2.68. The first-order chi connectivity index (χ1) is 6.00. The van der Waals surface area contributed by atoms with Gasteiger partial charge in [0.15, 0.2) is 5.78 Å². The highest BCUT2D eigenvalue weighted by atomic mass is 79.9. The molecule has 0 bridgehead atoms. The molecule has 1 aromatic rings. The number of carbonyl (C=O) groups is 1. The Hall–Kier alpha value is -0.350. The number of phenols is 1. The van der Waals surface area contributed by atoms with Crippen LogP contribution in [0.4, 0.5) is 0 Å². The Morgan fingerprint density at radius 1 is 1.46 bits per heavy atom. The van der Waals surface area contributed by atoms with E-state index < -0.39 is 0 Å². The maximum atomic E-state index is 11.5. The van der Waals surface area contributed by atoms with Crippen LogP contribution in [-0.2, 0) is 0 Å². The summed E-state index contributed by atoms with van der Waals surface area (Å²) in [7, 11) is 0. The molecule has 70 valence electrons. The molecule has 0 heterocycles. The standard InChI is InChI=1S/C9H8Br2O2/c1-5(10)9(13)6-2-7(11)4-8(12)3-6/h2-5,12H,1H3. The lowest BCUT2D eigenvalue weighted by atomic mass is 10.1. The molecule has 13 heavy (non-hydrogen) atoms. The maximum absolute atomic E-state index is 11.5. The Labute approximate surface area is 93.2 Å². The smallest absolute Gasteiger partial charge is 0.176 e. The van der Waals surface area contributed by atoms with Crippen molar-refractivity contribution < 1.29 is 9.90 Å². The summed E-state index contributed by atoms with van der Waals surface area (Å²) in [6.45, 7) is 1.75. The van der Waals surface area contributed by atoms with Crippen molar-refractivity contribution in [3.8, 4) is 5.75 Å². The number of carbonyl (C=O) groups excluding carboxylic acids is 1. The molecule has 1 unspecified atom stereocenters. The number of phenolic OH excluding ortho intramolecular Hbond substituents is 1. The van der Waals surface area contributed by atoms with E-state index in [1.165, 1.54) is 12.1 Å². The van der Waals surface area contributed by atoms with Crippen LogP contribution in [0.15, 0.2) is 22.7 Å². The average molecular weight is 308 g/mol. The fourth-order valence-corrected chi connectivity index (χ4v) is 1.69. The van der Waals surface area contributed by atoms with Crippen molar-refractivity contribution in [3.05, 3.63) is 28.2 Å². The summed E-state index contributed by atoms with van der Waals surface area (Å²) in [4.78, 5) is 11.2. The predicted molar refractivity (Wildman–Crippen MR) is 58.5 cm³/mol. The maximum Gasteiger partial charge on any atom is 0.176 e. The topological polar surface area (TPSA) is 37.3 Å². The van der Waals surface area contributed by atoms with E-state index in [1.54, 1.807) is 13.0 Å². The van der Waals surface area contributed by atoms with Crippen molar-refractivity contribution in [2.24, 2.45) is 0 Å². The summed E-state index contributed by atoms with van der Waals surface area (Å²) in [6.07, 6.45) is 0. The molecule has 1 atom stereocenters. The predicted octanol–water partition coefficient (Wildman–Crippen LogP) is 3.12. The lowest BCUT2D eigenvalue weighted by Crippen LogP contribution is -2.09. The number of aromatic hydroxyl groups is 1. The zero-order chi connectivity index (χ0) is 10.0. The van der Waals surface area contributed by atoms with E-state index in [0.717, 1.165) is 0 Å². The first-order valence-electron chi connectivity index (χ1n) is 3.68. The van der Waals surface area contributed by atoms with Gasteiger partial charge in [-0.25, -0.2) is 0 Å². The molecule has 0 amide bonds. The van der Waals surface area contributed by atoms with Gasteiger partial charge in [-0.3, -0.25) is 4.79 Å². The Bertz CT molecular complexity index is 314. The van der Waals surface area contributed by atoms with E-state index in [2.05, 4.69) is 31.9 Å².